The molecule has 1 aromatic carbocycles. The maximum Gasteiger partial charge on any atom is 0.417 e. The Kier molecular flexibility index (Phi) is 3.03. The quantitative estimate of drug-likeness (QED) is 0.725. The second-order valence-electron chi connectivity index (χ2n) is 3.63. The maximum atomic E-state index is 12.7. The van der Waals surface area contributed by atoms with E-state index in [1.165, 1.54) is 0 Å². The third-order valence-corrected chi connectivity index (χ3v) is 2.36. The predicted octanol–water partition coefficient (Wildman–Crippen LogP) is 4.38. The van der Waals surface area contributed by atoms with Gasteiger partial charge in [0, 0.05) is 5.56 Å². The van der Waals surface area contributed by atoms with Crippen LogP contribution in [0, 0.1) is 0 Å². The van der Waals surface area contributed by atoms with E-state index in [0.29, 0.717) is 18.2 Å². The first-order valence-electron chi connectivity index (χ1n) is 4.86. The smallest absolute Gasteiger partial charge is 0.417 e. The molecule has 0 bridgehead atoms. The van der Waals surface area contributed by atoms with Gasteiger partial charge in [0.05, 0.1) is 11.1 Å². The van der Waals surface area contributed by atoms with E-state index in [2.05, 4.69) is 9.40 Å². The van der Waals surface area contributed by atoms with Crippen LogP contribution in [-0.2, 0) is 12.4 Å². The van der Waals surface area contributed by atoms with Crippen molar-refractivity contribution in [2.45, 2.75) is 12.4 Å². The first-order valence-corrected chi connectivity index (χ1v) is 4.86. The third kappa shape index (κ3) is 2.72. The van der Waals surface area contributed by atoms with Crippen LogP contribution in [0.4, 0.5) is 26.3 Å². The lowest BCUT2D eigenvalue weighted by atomic mass is 10.0. The highest BCUT2D eigenvalue weighted by atomic mass is 19.4. The molecule has 0 radical (unpaired) electrons. The van der Waals surface area contributed by atoms with E-state index >= 15 is 0 Å². The van der Waals surface area contributed by atoms with Gasteiger partial charge in [-0.2, -0.15) is 26.3 Å². The summed E-state index contributed by atoms with van der Waals surface area (Å²) in [4.78, 5) is 3.45. The predicted molar refractivity (Wildman–Crippen MR) is 51.9 cm³/mol. The molecule has 8 heteroatoms. The van der Waals surface area contributed by atoms with E-state index in [4.69, 9.17) is 0 Å². The fourth-order valence-electron chi connectivity index (χ4n) is 1.53. The van der Waals surface area contributed by atoms with Gasteiger partial charge in [-0.25, -0.2) is 4.98 Å². The van der Waals surface area contributed by atoms with Crippen LogP contribution >= 0.6 is 0 Å². The van der Waals surface area contributed by atoms with Crippen molar-refractivity contribution in [1.29, 1.82) is 0 Å². The largest absolute Gasteiger partial charge is 0.451 e. The second kappa shape index (κ2) is 4.29. The number of alkyl halides is 6. The first kappa shape index (κ1) is 13.4. The lowest BCUT2D eigenvalue weighted by Crippen LogP contribution is -2.11. The van der Waals surface area contributed by atoms with Gasteiger partial charge in [0.25, 0.3) is 0 Å². The van der Waals surface area contributed by atoms with Crippen molar-refractivity contribution in [3.05, 3.63) is 42.0 Å². The zero-order valence-electron chi connectivity index (χ0n) is 9.01. The molecule has 0 saturated carbocycles. The van der Waals surface area contributed by atoms with Crippen molar-refractivity contribution in [1.82, 2.24) is 4.98 Å². The Morgan fingerprint density at radius 2 is 1.63 bits per heavy atom. The van der Waals surface area contributed by atoms with Gasteiger partial charge in [-0.1, -0.05) is 0 Å². The molecule has 0 spiro atoms. The lowest BCUT2D eigenvalue weighted by molar-refractivity contribution is -0.141. The summed E-state index contributed by atoms with van der Waals surface area (Å²) in [5.41, 5.74) is -3.36. The molecular formula is C11H5F6NO. The summed E-state index contributed by atoms with van der Waals surface area (Å²) in [6.45, 7) is 0. The molecule has 1 heterocycles. The minimum absolute atomic E-state index is 0.307. The fraction of sp³-hybridized carbons (Fsp3) is 0.182. The van der Waals surface area contributed by atoms with Crippen LogP contribution in [0.3, 0.4) is 0 Å². The van der Waals surface area contributed by atoms with Gasteiger partial charge < -0.3 is 4.42 Å². The Balaban J connectivity index is 2.65. The average molecular weight is 281 g/mol. The molecule has 0 aliphatic heterocycles. The Labute approximate surface area is 102 Å². The normalized spacial score (nSPS) is 12.7. The van der Waals surface area contributed by atoms with Crippen LogP contribution in [0.2, 0.25) is 0 Å². The SMILES string of the molecule is FC(F)(F)c1ccc(C(F)(F)F)c(-c2cocn2)c1. The molecule has 19 heavy (non-hydrogen) atoms. The van der Waals surface area contributed by atoms with E-state index in [9.17, 15) is 26.3 Å². The number of benzene rings is 1. The summed E-state index contributed by atoms with van der Waals surface area (Å²) in [6, 6.07) is 1.17. The van der Waals surface area contributed by atoms with E-state index in [0.717, 1.165) is 12.7 Å². The molecule has 2 nitrogen and oxygen atoms in total. The monoisotopic (exact) mass is 281 g/mol. The number of aromatic nitrogens is 1. The average Bonchev–Trinajstić information content (AvgIpc) is 2.79. The zero-order chi connectivity index (χ0) is 14.3. The van der Waals surface area contributed by atoms with Crippen LogP contribution in [0.15, 0.2) is 35.3 Å². The Hall–Kier alpha value is -1.99. The second-order valence-corrected chi connectivity index (χ2v) is 3.63. The van der Waals surface area contributed by atoms with Gasteiger partial charge in [0.1, 0.15) is 12.0 Å². The topological polar surface area (TPSA) is 26.0 Å². The van der Waals surface area contributed by atoms with Crippen molar-refractivity contribution in [2.24, 2.45) is 0 Å². The molecule has 102 valence electrons. The van der Waals surface area contributed by atoms with Crippen LogP contribution in [0.5, 0.6) is 0 Å². The molecule has 0 atom stereocenters. The van der Waals surface area contributed by atoms with Gasteiger partial charge in [-0.15, -0.1) is 0 Å². The molecule has 1 aromatic heterocycles. The molecule has 0 unspecified atom stereocenters. The fourth-order valence-corrected chi connectivity index (χ4v) is 1.53. The van der Waals surface area contributed by atoms with E-state index in [-0.39, 0.29) is 5.69 Å². The lowest BCUT2D eigenvalue weighted by Gasteiger charge is -2.14. The summed E-state index contributed by atoms with van der Waals surface area (Å²) in [7, 11) is 0. The summed E-state index contributed by atoms with van der Waals surface area (Å²) in [6.07, 6.45) is -7.82. The van der Waals surface area contributed by atoms with Crippen LogP contribution in [0.25, 0.3) is 11.3 Å². The number of hydrogen-bond donors (Lipinski definition) is 0. The Bertz CT molecular complexity index is 570. The van der Waals surface area contributed by atoms with Crippen LogP contribution in [0.1, 0.15) is 11.1 Å². The Morgan fingerprint density at radius 3 is 2.11 bits per heavy atom. The van der Waals surface area contributed by atoms with Crippen molar-refractivity contribution >= 4 is 0 Å². The van der Waals surface area contributed by atoms with Gasteiger partial charge in [-0.3, -0.25) is 0 Å². The molecule has 0 aliphatic rings. The highest BCUT2D eigenvalue weighted by Crippen LogP contribution is 2.40. The molecule has 0 amide bonds. The molecular weight excluding hydrogens is 276 g/mol. The van der Waals surface area contributed by atoms with E-state index in [1.54, 1.807) is 0 Å². The summed E-state index contributed by atoms with van der Waals surface area (Å²) in [5.74, 6) is 0. The number of hydrogen-bond acceptors (Lipinski definition) is 2. The molecule has 2 aromatic rings. The molecule has 0 fully saturated rings. The maximum absolute atomic E-state index is 12.7. The van der Waals surface area contributed by atoms with Crippen molar-refractivity contribution in [2.75, 3.05) is 0 Å². The van der Waals surface area contributed by atoms with E-state index < -0.39 is 29.0 Å². The van der Waals surface area contributed by atoms with Gasteiger partial charge in [0.2, 0.25) is 0 Å². The zero-order valence-corrected chi connectivity index (χ0v) is 9.01. The number of rotatable bonds is 1. The summed E-state index contributed by atoms with van der Waals surface area (Å²) < 4.78 is 80.2. The van der Waals surface area contributed by atoms with Gasteiger partial charge >= 0.3 is 12.4 Å². The first-order chi connectivity index (χ1) is 8.69. The van der Waals surface area contributed by atoms with Gasteiger partial charge in [-0.05, 0) is 18.2 Å². The standard InChI is InChI=1S/C11H5F6NO/c12-10(13,14)6-1-2-8(11(15,16)17)7(3-6)9-4-19-5-18-9/h1-5H. The van der Waals surface area contributed by atoms with Crippen molar-refractivity contribution in [3.8, 4) is 11.3 Å². The van der Waals surface area contributed by atoms with Crippen LogP contribution in [-0.4, -0.2) is 4.98 Å². The minimum atomic E-state index is -4.78. The van der Waals surface area contributed by atoms with Crippen molar-refractivity contribution < 1.29 is 30.8 Å². The molecule has 2 rings (SSSR count). The van der Waals surface area contributed by atoms with E-state index in [1.807, 2.05) is 0 Å². The van der Waals surface area contributed by atoms with Crippen LogP contribution < -0.4 is 0 Å². The number of nitrogens with zero attached hydrogens (tertiary/aromatic N) is 1. The Morgan fingerprint density at radius 1 is 0.947 bits per heavy atom. The highest BCUT2D eigenvalue weighted by Gasteiger charge is 2.37. The van der Waals surface area contributed by atoms with Gasteiger partial charge in [0.15, 0.2) is 6.39 Å². The summed E-state index contributed by atoms with van der Waals surface area (Å²) in [5, 5.41) is 0. The number of oxazole rings is 1. The van der Waals surface area contributed by atoms with Crippen molar-refractivity contribution in [3.63, 3.8) is 0 Å². The minimum Gasteiger partial charge on any atom is -0.451 e. The molecule has 0 N–H and O–H groups in total. The summed E-state index contributed by atoms with van der Waals surface area (Å²) >= 11 is 0. The highest BCUT2D eigenvalue weighted by molar-refractivity contribution is 5.64. The molecule has 0 aliphatic carbocycles. The third-order valence-electron chi connectivity index (χ3n) is 2.36. The number of halogens is 6. The molecule has 0 saturated heterocycles.